The van der Waals surface area contributed by atoms with Crippen molar-refractivity contribution >= 4 is 5.82 Å². The van der Waals surface area contributed by atoms with Gasteiger partial charge in [0.2, 0.25) is 0 Å². The molecule has 0 amide bonds. The normalized spacial score (nSPS) is 15.6. The molecule has 3 heteroatoms. The first-order chi connectivity index (χ1) is 6.72. The van der Waals surface area contributed by atoms with E-state index < -0.39 is 0 Å². The molecule has 0 saturated heterocycles. The van der Waals surface area contributed by atoms with Crippen LogP contribution in [-0.4, -0.2) is 23.2 Å². The SMILES string of the molecule is Cc1nc(N(C)C2CC2)ccc1CO. The number of aliphatic hydroxyl groups is 1. The number of rotatable bonds is 3. The van der Waals surface area contributed by atoms with E-state index in [1.54, 1.807) is 0 Å². The van der Waals surface area contributed by atoms with Crippen molar-refractivity contribution in [2.24, 2.45) is 0 Å². The number of hydrogen-bond donors (Lipinski definition) is 1. The Hall–Kier alpha value is -1.09. The maximum atomic E-state index is 9.02. The van der Waals surface area contributed by atoms with E-state index in [9.17, 15) is 0 Å². The van der Waals surface area contributed by atoms with Gasteiger partial charge in [-0.15, -0.1) is 0 Å². The minimum atomic E-state index is 0.0757. The highest BCUT2D eigenvalue weighted by Crippen LogP contribution is 2.29. The molecular weight excluding hydrogens is 176 g/mol. The Balaban J connectivity index is 2.22. The molecule has 1 aliphatic rings. The lowest BCUT2D eigenvalue weighted by molar-refractivity contribution is 0.280. The first-order valence-electron chi connectivity index (χ1n) is 5.02. The lowest BCUT2D eigenvalue weighted by Gasteiger charge is -2.18. The van der Waals surface area contributed by atoms with Crippen LogP contribution in [0.2, 0.25) is 0 Å². The number of aliphatic hydroxyl groups excluding tert-OH is 1. The maximum Gasteiger partial charge on any atom is 0.128 e. The van der Waals surface area contributed by atoms with E-state index in [0.29, 0.717) is 6.04 Å². The molecule has 14 heavy (non-hydrogen) atoms. The fourth-order valence-electron chi connectivity index (χ4n) is 1.59. The molecule has 1 N–H and O–H groups in total. The lowest BCUT2D eigenvalue weighted by atomic mass is 10.2. The quantitative estimate of drug-likeness (QED) is 0.788. The van der Waals surface area contributed by atoms with Gasteiger partial charge in [-0.1, -0.05) is 6.07 Å². The van der Waals surface area contributed by atoms with Gasteiger partial charge in [0.25, 0.3) is 0 Å². The van der Waals surface area contributed by atoms with Gasteiger partial charge in [-0.3, -0.25) is 0 Å². The van der Waals surface area contributed by atoms with Gasteiger partial charge >= 0.3 is 0 Å². The van der Waals surface area contributed by atoms with Crippen molar-refractivity contribution in [3.63, 3.8) is 0 Å². The molecule has 1 saturated carbocycles. The summed E-state index contributed by atoms with van der Waals surface area (Å²) in [4.78, 5) is 6.69. The fourth-order valence-corrected chi connectivity index (χ4v) is 1.59. The van der Waals surface area contributed by atoms with Gasteiger partial charge in [-0.25, -0.2) is 4.98 Å². The van der Waals surface area contributed by atoms with Crippen molar-refractivity contribution in [3.05, 3.63) is 23.4 Å². The molecule has 1 aromatic rings. The summed E-state index contributed by atoms with van der Waals surface area (Å²) < 4.78 is 0. The van der Waals surface area contributed by atoms with Crippen molar-refractivity contribution in [1.82, 2.24) is 4.98 Å². The first kappa shape index (κ1) is 9.46. The summed E-state index contributed by atoms with van der Waals surface area (Å²) in [6.07, 6.45) is 2.55. The van der Waals surface area contributed by atoms with Crippen LogP contribution in [0, 0.1) is 6.92 Å². The molecule has 1 aromatic heterocycles. The molecule has 0 radical (unpaired) electrons. The Labute approximate surface area is 84.4 Å². The van der Waals surface area contributed by atoms with Crippen LogP contribution in [0.4, 0.5) is 5.82 Å². The molecule has 0 atom stereocenters. The van der Waals surface area contributed by atoms with Crippen molar-refractivity contribution < 1.29 is 5.11 Å². The molecule has 0 bridgehead atoms. The summed E-state index contributed by atoms with van der Waals surface area (Å²) in [5.74, 6) is 1.02. The van der Waals surface area contributed by atoms with Gasteiger partial charge < -0.3 is 10.0 Å². The Morgan fingerprint density at radius 3 is 2.71 bits per heavy atom. The molecule has 1 heterocycles. The highest BCUT2D eigenvalue weighted by atomic mass is 16.3. The Kier molecular flexibility index (Phi) is 2.42. The number of aryl methyl sites for hydroxylation is 1. The van der Waals surface area contributed by atoms with Gasteiger partial charge in [-0.2, -0.15) is 0 Å². The van der Waals surface area contributed by atoms with Crippen molar-refractivity contribution in [1.29, 1.82) is 0 Å². The summed E-state index contributed by atoms with van der Waals surface area (Å²) >= 11 is 0. The van der Waals surface area contributed by atoms with Gasteiger partial charge in [0.1, 0.15) is 5.82 Å². The molecular formula is C11H16N2O. The van der Waals surface area contributed by atoms with E-state index in [1.165, 1.54) is 12.8 Å². The monoisotopic (exact) mass is 192 g/mol. The maximum absolute atomic E-state index is 9.02. The number of pyridine rings is 1. The zero-order chi connectivity index (χ0) is 10.1. The van der Waals surface area contributed by atoms with Crippen LogP contribution in [-0.2, 0) is 6.61 Å². The molecule has 0 aliphatic heterocycles. The van der Waals surface area contributed by atoms with E-state index in [4.69, 9.17) is 5.11 Å². The number of nitrogens with zero attached hydrogens (tertiary/aromatic N) is 2. The van der Waals surface area contributed by atoms with Crippen LogP contribution in [0.1, 0.15) is 24.1 Å². The van der Waals surface area contributed by atoms with Gasteiger partial charge in [0, 0.05) is 18.8 Å². The van der Waals surface area contributed by atoms with E-state index in [-0.39, 0.29) is 6.61 Å². The van der Waals surface area contributed by atoms with Crippen LogP contribution in [0.15, 0.2) is 12.1 Å². The number of hydrogen-bond acceptors (Lipinski definition) is 3. The summed E-state index contributed by atoms with van der Waals surface area (Å²) in [6, 6.07) is 4.62. The minimum Gasteiger partial charge on any atom is -0.392 e. The smallest absolute Gasteiger partial charge is 0.128 e. The second-order valence-electron chi connectivity index (χ2n) is 3.91. The molecule has 1 fully saturated rings. The van der Waals surface area contributed by atoms with Crippen LogP contribution in [0.25, 0.3) is 0 Å². The third kappa shape index (κ3) is 1.73. The third-order valence-corrected chi connectivity index (χ3v) is 2.81. The number of aromatic nitrogens is 1. The average molecular weight is 192 g/mol. The van der Waals surface area contributed by atoms with Crippen LogP contribution in [0.3, 0.4) is 0 Å². The van der Waals surface area contributed by atoms with E-state index in [2.05, 4.69) is 16.9 Å². The predicted octanol–water partition coefficient (Wildman–Crippen LogP) is 1.48. The Bertz CT molecular complexity index is 334. The molecule has 0 aromatic carbocycles. The standard InChI is InChI=1S/C11H16N2O/c1-8-9(7-14)3-6-11(12-8)13(2)10-4-5-10/h3,6,10,14H,4-5,7H2,1-2H3. The van der Waals surface area contributed by atoms with Crippen LogP contribution >= 0.6 is 0 Å². The molecule has 0 spiro atoms. The second-order valence-corrected chi connectivity index (χ2v) is 3.91. The highest BCUT2D eigenvalue weighted by Gasteiger charge is 2.27. The van der Waals surface area contributed by atoms with E-state index >= 15 is 0 Å². The highest BCUT2D eigenvalue weighted by molar-refractivity contribution is 5.43. The van der Waals surface area contributed by atoms with Gasteiger partial charge in [0.05, 0.1) is 6.61 Å². The van der Waals surface area contributed by atoms with Crippen molar-refractivity contribution in [2.45, 2.75) is 32.4 Å². The summed E-state index contributed by atoms with van der Waals surface area (Å²) in [5, 5.41) is 9.02. The van der Waals surface area contributed by atoms with Crippen LogP contribution in [0.5, 0.6) is 0 Å². The summed E-state index contributed by atoms with van der Waals surface area (Å²) in [5.41, 5.74) is 1.84. The van der Waals surface area contributed by atoms with Crippen molar-refractivity contribution in [2.75, 3.05) is 11.9 Å². The van der Waals surface area contributed by atoms with Crippen molar-refractivity contribution in [3.8, 4) is 0 Å². The minimum absolute atomic E-state index is 0.0757. The molecule has 1 aliphatic carbocycles. The second kappa shape index (κ2) is 3.58. The Morgan fingerprint density at radius 1 is 1.50 bits per heavy atom. The summed E-state index contributed by atoms with van der Waals surface area (Å²) in [7, 11) is 2.08. The largest absolute Gasteiger partial charge is 0.392 e. The lowest BCUT2D eigenvalue weighted by Crippen LogP contribution is -2.20. The molecule has 2 rings (SSSR count). The predicted molar refractivity (Wildman–Crippen MR) is 56.3 cm³/mol. The molecule has 3 nitrogen and oxygen atoms in total. The molecule has 0 unspecified atom stereocenters. The zero-order valence-electron chi connectivity index (χ0n) is 8.70. The Morgan fingerprint density at radius 2 is 2.21 bits per heavy atom. The third-order valence-electron chi connectivity index (χ3n) is 2.81. The van der Waals surface area contributed by atoms with E-state index in [1.807, 2.05) is 19.1 Å². The van der Waals surface area contributed by atoms with E-state index in [0.717, 1.165) is 17.1 Å². The van der Waals surface area contributed by atoms with Gasteiger partial charge in [0.15, 0.2) is 0 Å². The van der Waals surface area contributed by atoms with Crippen LogP contribution < -0.4 is 4.90 Å². The molecule has 76 valence electrons. The number of anilines is 1. The zero-order valence-corrected chi connectivity index (χ0v) is 8.70. The first-order valence-corrected chi connectivity index (χ1v) is 5.02. The summed E-state index contributed by atoms with van der Waals surface area (Å²) in [6.45, 7) is 2.02. The topological polar surface area (TPSA) is 36.4 Å². The average Bonchev–Trinajstić information content (AvgIpc) is 3.00. The van der Waals surface area contributed by atoms with Gasteiger partial charge in [-0.05, 0) is 31.4 Å². The fraction of sp³-hybridized carbons (Fsp3) is 0.545.